The molecule has 5 rings (SSSR count). The lowest BCUT2D eigenvalue weighted by molar-refractivity contribution is 0.101. The first-order valence-corrected chi connectivity index (χ1v) is 11.3. The minimum atomic E-state index is -0.255. The number of nitrogens with one attached hydrogen (secondary N) is 2. The van der Waals surface area contributed by atoms with Gasteiger partial charge < -0.3 is 4.98 Å². The standard InChI is InChI=1S/C19H19N3O2S3/c1-9-5-6-10-12(8-26-14(10)7-9)16(23)21-22-18(24)15-11-3-2-4-13(11)27-17(15)20-19(22)25/h8-9H,2-7H2,1H3,(H,20,25)(H,21,23)/t9-/m0/s1. The Balaban J connectivity index is 1.55. The minimum absolute atomic E-state index is 0.223. The van der Waals surface area contributed by atoms with Crippen LogP contribution in [0.4, 0.5) is 0 Å². The van der Waals surface area contributed by atoms with Gasteiger partial charge in [0, 0.05) is 15.1 Å². The summed E-state index contributed by atoms with van der Waals surface area (Å²) < 4.78 is 1.44. The van der Waals surface area contributed by atoms with E-state index in [-0.39, 0.29) is 16.2 Å². The largest absolute Gasteiger partial charge is 0.322 e. The van der Waals surface area contributed by atoms with Gasteiger partial charge in [-0.1, -0.05) is 6.92 Å². The van der Waals surface area contributed by atoms with E-state index >= 15 is 0 Å². The van der Waals surface area contributed by atoms with Crippen LogP contribution in [0.15, 0.2) is 10.2 Å². The van der Waals surface area contributed by atoms with Crippen molar-refractivity contribution in [3.05, 3.63) is 46.9 Å². The molecule has 2 N–H and O–H groups in total. The third-order valence-corrected chi connectivity index (χ3v) is 8.16. The predicted octanol–water partition coefficient (Wildman–Crippen LogP) is 4.18. The maximum Gasteiger partial charge on any atom is 0.282 e. The Labute approximate surface area is 169 Å². The second-order valence-corrected chi connectivity index (χ2v) is 9.93. The summed E-state index contributed by atoms with van der Waals surface area (Å²) >= 11 is 8.62. The Morgan fingerprint density at radius 2 is 2.15 bits per heavy atom. The van der Waals surface area contributed by atoms with E-state index in [1.807, 2.05) is 5.38 Å². The highest BCUT2D eigenvalue weighted by molar-refractivity contribution is 7.71. The molecular weight excluding hydrogens is 398 g/mol. The van der Waals surface area contributed by atoms with Gasteiger partial charge in [0.15, 0.2) is 0 Å². The van der Waals surface area contributed by atoms with Crippen LogP contribution in [-0.4, -0.2) is 15.6 Å². The van der Waals surface area contributed by atoms with Crippen LogP contribution in [0.25, 0.3) is 10.2 Å². The number of amides is 1. The lowest BCUT2D eigenvalue weighted by Gasteiger charge is -2.19. The highest BCUT2D eigenvalue weighted by Crippen LogP contribution is 2.35. The number of hydrogen-bond acceptors (Lipinski definition) is 5. The molecule has 27 heavy (non-hydrogen) atoms. The first-order valence-electron chi connectivity index (χ1n) is 9.23. The Hall–Kier alpha value is -1.77. The highest BCUT2D eigenvalue weighted by Gasteiger charge is 2.25. The molecular formula is C19H19N3O2S3. The smallest absolute Gasteiger partial charge is 0.282 e. The average molecular weight is 418 g/mol. The molecule has 8 heteroatoms. The Kier molecular flexibility index (Phi) is 4.10. The molecule has 0 saturated heterocycles. The fraction of sp³-hybridized carbons (Fsp3) is 0.421. The zero-order chi connectivity index (χ0) is 18.7. The normalized spacial score (nSPS) is 18.5. The van der Waals surface area contributed by atoms with Crippen molar-refractivity contribution in [1.29, 1.82) is 0 Å². The molecule has 2 aliphatic carbocycles. The van der Waals surface area contributed by atoms with Crippen LogP contribution in [0.2, 0.25) is 0 Å². The third-order valence-electron chi connectivity index (χ3n) is 5.62. The van der Waals surface area contributed by atoms with E-state index in [0.29, 0.717) is 16.9 Å². The zero-order valence-electron chi connectivity index (χ0n) is 14.9. The van der Waals surface area contributed by atoms with Crippen LogP contribution < -0.4 is 11.0 Å². The number of hydrogen-bond donors (Lipinski definition) is 2. The number of carbonyl (C=O) groups is 1. The first kappa shape index (κ1) is 17.3. The number of aromatic nitrogens is 2. The highest BCUT2D eigenvalue weighted by atomic mass is 32.1. The molecule has 1 amide bonds. The van der Waals surface area contributed by atoms with Crippen molar-refractivity contribution in [2.24, 2.45) is 5.92 Å². The van der Waals surface area contributed by atoms with E-state index in [1.54, 1.807) is 22.7 Å². The Bertz CT molecular complexity index is 1200. The van der Waals surface area contributed by atoms with Crippen LogP contribution in [0, 0.1) is 10.7 Å². The Morgan fingerprint density at radius 3 is 3.00 bits per heavy atom. The molecule has 0 bridgehead atoms. The molecule has 0 unspecified atom stereocenters. The topological polar surface area (TPSA) is 66.9 Å². The van der Waals surface area contributed by atoms with Crippen molar-refractivity contribution in [1.82, 2.24) is 9.66 Å². The molecule has 0 fully saturated rings. The molecule has 1 atom stereocenters. The number of thiophene rings is 2. The van der Waals surface area contributed by atoms with Crippen molar-refractivity contribution in [3.63, 3.8) is 0 Å². The summed E-state index contributed by atoms with van der Waals surface area (Å²) in [6, 6.07) is 0. The number of H-pyrrole nitrogens is 1. The summed E-state index contributed by atoms with van der Waals surface area (Å²) in [5.41, 5.74) is 5.47. The maximum atomic E-state index is 13.1. The number of rotatable bonds is 2. The number of fused-ring (bicyclic) bond motifs is 4. The van der Waals surface area contributed by atoms with Gasteiger partial charge in [-0.3, -0.25) is 15.0 Å². The van der Waals surface area contributed by atoms with E-state index in [0.717, 1.165) is 54.5 Å². The van der Waals surface area contributed by atoms with Crippen LogP contribution in [0.1, 0.15) is 51.0 Å². The van der Waals surface area contributed by atoms with E-state index in [2.05, 4.69) is 17.3 Å². The lowest BCUT2D eigenvalue weighted by Crippen LogP contribution is -2.34. The van der Waals surface area contributed by atoms with Crippen LogP contribution in [0.3, 0.4) is 0 Å². The number of carbonyl (C=O) groups excluding carboxylic acids is 1. The quantitative estimate of drug-likeness (QED) is 0.615. The average Bonchev–Trinajstić information content (AvgIpc) is 3.31. The van der Waals surface area contributed by atoms with Gasteiger partial charge in [-0.25, -0.2) is 0 Å². The zero-order valence-corrected chi connectivity index (χ0v) is 17.3. The van der Waals surface area contributed by atoms with E-state index < -0.39 is 0 Å². The van der Waals surface area contributed by atoms with Crippen molar-refractivity contribution in [3.8, 4) is 0 Å². The van der Waals surface area contributed by atoms with Crippen LogP contribution in [-0.2, 0) is 25.7 Å². The number of nitrogens with zero attached hydrogens (tertiary/aromatic N) is 1. The molecule has 3 heterocycles. The van der Waals surface area contributed by atoms with E-state index in [1.165, 1.54) is 14.4 Å². The monoisotopic (exact) mass is 417 g/mol. The van der Waals surface area contributed by atoms with Crippen LogP contribution >= 0.6 is 34.9 Å². The maximum absolute atomic E-state index is 13.1. The van der Waals surface area contributed by atoms with Gasteiger partial charge in [-0.2, -0.15) is 4.68 Å². The summed E-state index contributed by atoms with van der Waals surface area (Å²) in [6.07, 6.45) is 6.05. The molecule has 3 aromatic heterocycles. The molecule has 2 aliphatic rings. The lowest BCUT2D eigenvalue weighted by atomic mass is 9.88. The molecule has 0 aliphatic heterocycles. The molecule has 0 radical (unpaired) electrons. The van der Waals surface area contributed by atoms with Gasteiger partial charge in [0.1, 0.15) is 4.83 Å². The van der Waals surface area contributed by atoms with Crippen molar-refractivity contribution in [2.45, 2.75) is 45.4 Å². The summed E-state index contributed by atoms with van der Waals surface area (Å²) in [7, 11) is 0. The van der Waals surface area contributed by atoms with E-state index in [4.69, 9.17) is 12.2 Å². The van der Waals surface area contributed by atoms with Crippen molar-refractivity contribution >= 4 is 51.0 Å². The molecule has 5 nitrogen and oxygen atoms in total. The second kappa shape index (κ2) is 6.39. The fourth-order valence-electron chi connectivity index (χ4n) is 4.21. The van der Waals surface area contributed by atoms with Gasteiger partial charge in [0.25, 0.3) is 11.5 Å². The van der Waals surface area contributed by atoms with Crippen molar-refractivity contribution in [2.75, 3.05) is 5.43 Å². The van der Waals surface area contributed by atoms with E-state index in [9.17, 15) is 9.59 Å². The fourth-order valence-corrected chi connectivity index (χ4v) is 7.03. The summed E-state index contributed by atoms with van der Waals surface area (Å²) in [5, 5.41) is 2.60. The molecule has 0 spiro atoms. The molecule has 140 valence electrons. The molecule has 3 aromatic rings. The SMILES string of the molecule is C[C@H]1CCc2c(C(=O)Nn3c(=S)[nH]c4sc5c(c4c3=O)CCC5)csc2C1. The van der Waals surface area contributed by atoms with Crippen molar-refractivity contribution < 1.29 is 4.79 Å². The number of aryl methyl sites for hydroxylation is 2. The van der Waals surface area contributed by atoms with Crippen LogP contribution in [0.5, 0.6) is 0 Å². The summed E-state index contributed by atoms with van der Waals surface area (Å²) in [6.45, 7) is 2.25. The van der Waals surface area contributed by atoms with Gasteiger partial charge in [0.2, 0.25) is 4.77 Å². The van der Waals surface area contributed by atoms with Gasteiger partial charge in [0.05, 0.1) is 10.9 Å². The minimum Gasteiger partial charge on any atom is -0.322 e. The summed E-state index contributed by atoms with van der Waals surface area (Å²) in [4.78, 5) is 32.5. The molecule has 0 aromatic carbocycles. The predicted molar refractivity (Wildman–Crippen MR) is 112 cm³/mol. The molecule has 0 saturated carbocycles. The Morgan fingerprint density at radius 1 is 1.30 bits per heavy atom. The van der Waals surface area contributed by atoms with Gasteiger partial charge in [-0.05, 0) is 67.8 Å². The third kappa shape index (κ3) is 2.73. The first-order chi connectivity index (χ1) is 13.0. The summed E-state index contributed by atoms with van der Waals surface area (Å²) in [5.74, 6) is 0.404. The number of aromatic amines is 1. The van der Waals surface area contributed by atoms with Gasteiger partial charge in [-0.15, -0.1) is 22.7 Å². The van der Waals surface area contributed by atoms with Gasteiger partial charge >= 0.3 is 0 Å². The second-order valence-electron chi connectivity index (χ2n) is 7.47.